The first-order valence-electron chi connectivity index (χ1n) is 9.81. The van der Waals surface area contributed by atoms with E-state index in [2.05, 4.69) is 15.0 Å². The maximum Gasteiger partial charge on any atom is 0.387 e. The number of amides is 1. The molecule has 1 unspecified atom stereocenters. The number of alkyl halides is 2. The van der Waals surface area contributed by atoms with Crippen LogP contribution in [0.5, 0.6) is 17.2 Å². The van der Waals surface area contributed by atoms with Crippen LogP contribution in [0.15, 0.2) is 42.5 Å². The Balaban J connectivity index is 1.79. The largest absolute Gasteiger partial charge is 0.497 e. The molecule has 30 heavy (non-hydrogen) atoms. The van der Waals surface area contributed by atoms with E-state index < -0.39 is 12.5 Å². The second-order valence-electron chi connectivity index (χ2n) is 6.96. The number of ether oxygens (including phenoxy) is 3. The van der Waals surface area contributed by atoms with E-state index in [0.717, 1.165) is 37.2 Å². The molecule has 0 aromatic heterocycles. The van der Waals surface area contributed by atoms with E-state index in [1.807, 2.05) is 24.3 Å². The zero-order valence-electron chi connectivity index (χ0n) is 17.1. The average Bonchev–Trinajstić information content (AvgIpc) is 3.28. The van der Waals surface area contributed by atoms with E-state index in [0.29, 0.717) is 6.54 Å². The van der Waals surface area contributed by atoms with E-state index in [-0.39, 0.29) is 23.1 Å². The third-order valence-electron chi connectivity index (χ3n) is 5.19. The highest BCUT2D eigenvalue weighted by atomic mass is 19.3. The van der Waals surface area contributed by atoms with Crippen LogP contribution in [0.2, 0.25) is 0 Å². The number of para-hydroxylation sites is 1. The monoisotopic (exact) mass is 420 g/mol. The van der Waals surface area contributed by atoms with Crippen molar-refractivity contribution in [3.63, 3.8) is 0 Å². The number of hydrogen-bond acceptors (Lipinski definition) is 5. The first-order chi connectivity index (χ1) is 14.5. The van der Waals surface area contributed by atoms with Crippen molar-refractivity contribution < 1.29 is 27.8 Å². The van der Waals surface area contributed by atoms with Gasteiger partial charge in [-0.3, -0.25) is 9.69 Å². The first-order valence-corrected chi connectivity index (χ1v) is 9.81. The lowest BCUT2D eigenvalue weighted by Crippen LogP contribution is -2.37. The standard InChI is InChI=1S/C22H26F2N2O4/c1-28-16-10-8-15(9-11-16)18(26-12-3-4-13-26)14-25-21(27)17-6-5-7-19(29-2)20(17)30-22(23)24/h5-11,18,22H,3-4,12-14H2,1-2H3,(H,25,27). The highest BCUT2D eigenvalue weighted by molar-refractivity contribution is 5.97. The van der Waals surface area contributed by atoms with Crippen LogP contribution in [-0.2, 0) is 0 Å². The lowest BCUT2D eigenvalue weighted by atomic mass is 10.0. The van der Waals surface area contributed by atoms with Gasteiger partial charge in [-0.1, -0.05) is 18.2 Å². The number of benzene rings is 2. The fraction of sp³-hybridized carbons (Fsp3) is 0.409. The van der Waals surface area contributed by atoms with E-state index >= 15 is 0 Å². The van der Waals surface area contributed by atoms with E-state index in [1.165, 1.54) is 19.2 Å². The van der Waals surface area contributed by atoms with Gasteiger partial charge >= 0.3 is 6.61 Å². The van der Waals surface area contributed by atoms with Crippen LogP contribution in [0.4, 0.5) is 8.78 Å². The number of rotatable bonds is 9. The molecule has 2 aromatic carbocycles. The Morgan fingerprint density at radius 3 is 2.37 bits per heavy atom. The number of nitrogens with one attached hydrogen (secondary N) is 1. The van der Waals surface area contributed by atoms with Gasteiger partial charge in [0.2, 0.25) is 0 Å². The Labute approximate surface area is 174 Å². The predicted octanol–water partition coefficient (Wildman–Crippen LogP) is 3.87. The molecule has 1 amide bonds. The van der Waals surface area contributed by atoms with Crippen LogP contribution < -0.4 is 19.5 Å². The third-order valence-corrected chi connectivity index (χ3v) is 5.19. The molecule has 3 rings (SSSR count). The van der Waals surface area contributed by atoms with Crippen molar-refractivity contribution in [1.82, 2.24) is 10.2 Å². The van der Waals surface area contributed by atoms with Gasteiger partial charge in [0.25, 0.3) is 5.91 Å². The maximum atomic E-state index is 12.9. The van der Waals surface area contributed by atoms with Gasteiger partial charge in [0.05, 0.1) is 25.8 Å². The van der Waals surface area contributed by atoms with Gasteiger partial charge in [-0.15, -0.1) is 0 Å². The van der Waals surface area contributed by atoms with Crippen molar-refractivity contribution in [1.29, 1.82) is 0 Å². The summed E-state index contributed by atoms with van der Waals surface area (Å²) in [4.78, 5) is 15.1. The molecule has 0 spiro atoms. The van der Waals surface area contributed by atoms with E-state index in [1.54, 1.807) is 13.2 Å². The summed E-state index contributed by atoms with van der Waals surface area (Å²) in [5, 5.41) is 2.88. The van der Waals surface area contributed by atoms with Crippen LogP contribution in [0, 0.1) is 0 Å². The smallest absolute Gasteiger partial charge is 0.387 e. The van der Waals surface area contributed by atoms with Gasteiger partial charge in [0.15, 0.2) is 11.5 Å². The average molecular weight is 420 g/mol. The minimum atomic E-state index is -3.07. The SMILES string of the molecule is COc1ccc(C(CNC(=O)c2cccc(OC)c2OC(F)F)N2CCCC2)cc1. The number of halogens is 2. The summed E-state index contributed by atoms with van der Waals surface area (Å²) in [5.74, 6) is 0.0688. The minimum absolute atomic E-state index is 0.00422. The molecular formula is C22H26F2N2O4. The summed E-state index contributed by atoms with van der Waals surface area (Å²) in [6, 6.07) is 12.2. The molecule has 1 aliphatic heterocycles. The second-order valence-corrected chi connectivity index (χ2v) is 6.96. The zero-order chi connectivity index (χ0) is 21.5. The molecule has 0 saturated carbocycles. The topological polar surface area (TPSA) is 60.0 Å². The molecule has 2 aromatic rings. The van der Waals surface area contributed by atoms with Crippen molar-refractivity contribution >= 4 is 5.91 Å². The molecule has 1 fully saturated rings. The van der Waals surface area contributed by atoms with Gasteiger partial charge in [0, 0.05) is 6.54 Å². The molecule has 1 heterocycles. The number of methoxy groups -OCH3 is 2. The van der Waals surface area contributed by atoms with Crippen molar-refractivity contribution in [3.05, 3.63) is 53.6 Å². The summed E-state index contributed by atoms with van der Waals surface area (Å²) in [5.41, 5.74) is 1.05. The van der Waals surface area contributed by atoms with Crippen molar-refractivity contribution in [2.45, 2.75) is 25.5 Å². The quantitative estimate of drug-likeness (QED) is 0.667. The summed E-state index contributed by atoms with van der Waals surface area (Å²) in [6.07, 6.45) is 2.20. The Hall–Kier alpha value is -2.87. The Morgan fingerprint density at radius 2 is 1.77 bits per heavy atom. The fourth-order valence-corrected chi connectivity index (χ4v) is 3.69. The molecule has 1 saturated heterocycles. The lowest BCUT2D eigenvalue weighted by molar-refractivity contribution is -0.0515. The first kappa shape index (κ1) is 21.8. The summed E-state index contributed by atoms with van der Waals surface area (Å²) in [7, 11) is 2.95. The minimum Gasteiger partial charge on any atom is -0.497 e. The van der Waals surface area contributed by atoms with Gasteiger partial charge < -0.3 is 19.5 Å². The van der Waals surface area contributed by atoms with Gasteiger partial charge in [0.1, 0.15) is 5.75 Å². The zero-order valence-corrected chi connectivity index (χ0v) is 17.1. The third kappa shape index (κ3) is 5.18. The number of carbonyl (C=O) groups excluding carboxylic acids is 1. The fourth-order valence-electron chi connectivity index (χ4n) is 3.69. The van der Waals surface area contributed by atoms with Gasteiger partial charge in [-0.2, -0.15) is 8.78 Å². The van der Waals surface area contributed by atoms with Crippen LogP contribution in [0.3, 0.4) is 0 Å². The summed E-state index contributed by atoms with van der Waals surface area (Å²) < 4.78 is 40.6. The van der Waals surface area contributed by atoms with Crippen LogP contribution >= 0.6 is 0 Å². The second kappa shape index (κ2) is 10.2. The summed E-state index contributed by atoms with van der Waals surface area (Å²) >= 11 is 0. The number of hydrogen-bond donors (Lipinski definition) is 1. The molecule has 162 valence electrons. The van der Waals surface area contributed by atoms with Crippen LogP contribution in [-0.4, -0.2) is 51.3 Å². The van der Waals surface area contributed by atoms with Crippen LogP contribution in [0.1, 0.15) is 34.8 Å². The molecule has 1 atom stereocenters. The van der Waals surface area contributed by atoms with Crippen molar-refractivity contribution in [2.24, 2.45) is 0 Å². The molecule has 1 aliphatic rings. The van der Waals surface area contributed by atoms with Crippen molar-refractivity contribution in [2.75, 3.05) is 33.9 Å². The number of likely N-dealkylation sites (tertiary alicyclic amines) is 1. The van der Waals surface area contributed by atoms with Gasteiger partial charge in [-0.25, -0.2) is 0 Å². The highest BCUT2D eigenvalue weighted by Gasteiger charge is 2.26. The molecule has 1 N–H and O–H groups in total. The Kier molecular flexibility index (Phi) is 7.46. The molecule has 0 bridgehead atoms. The Morgan fingerprint density at radius 1 is 1.07 bits per heavy atom. The van der Waals surface area contributed by atoms with E-state index in [4.69, 9.17) is 9.47 Å². The summed E-state index contributed by atoms with van der Waals surface area (Å²) in [6.45, 7) is -0.863. The van der Waals surface area contributed by atoms with Crippen LogP contribution in [0.25, 0.3) is 0 Å². The maximum absolute atomic E-state index is 12.9. The lowest BCUT2D eigenvalue weighted by Gasteiger charge is -2.28. The predicted molar refractivity (Wildman–Crippen MR) is 109 cm³/mol. The molecular weight excluding hydrogens is 394 g/mol. The number of carbonyl (C=O) groups is 1. The van der Waals surface area contributed by atoms with Gasteiger partial charge in [-0.05, 0) is 55.8 Å². The number of nitrogens with zero attached hydrogens (tertiary/aromatic N) is 1. The highest BCUT2D eigenvalue weighted by Crippen LogP contribution is 2.33. The van der Waals surface area contributed by atoms with Crippen molar-refractivity contribution in [3.8, 4) is 17.2 Å². The Bertz CT molecular complexity index is 840. The molecule has 0 radical (unpaired) electrons. The normalized spacial score (nSPS) is 15.1. The van der Waals surface area contributed by atoms with E-state index in [9.17, 15) is 13.6 Å². The molecule has 6 nitrogen and oxygen atoms in total. The molecule has 8 heteroatoms. The molecule has 0 aliphatic carbocycles.